The molecule has 0 unspecified atom stereocenters. The highest BCUT2D eigenvalue weighted by atomic mass is 16.4. The van der Waals surface area contributed by atoms with Crippen molar-refractivity contribution in [2.75, 3.05) is 6.54 Å². The van der Waals surface area contributed by atoms with Gasteiger partial charge in [0.25, 0.3) is 5.91 Å². The highest BCUT2D eigenvalue weighted by Crippen LogP contribution is 2.06. The van der Waals surface area contributed by atoms with Crippen molar-refractivity contribution in [3.8, 4) is 0 Å². The third-order valence-electron chi connectivity index (χ3n) is 3.96. The first-order valence-electron chi connectivity index (χ1n) is 8.36. The maximum atomic E-state index is 12.1. The van der Waals surface area contributed by atoms with Gasteiger partial charge >= 0.3 is 5.97 Å². The maximum absolute atomic E-state index is 12.1. The second kappa shape index (κ2) is 9.36. The largest absolute Gasteiger partial charge is 0.481 e. The SMILES string of the molecule is Cc1ccc(C(=O)NCC[C@H](C(=O)O)C(=O)NCc2ccccc2)cc1. The molecule has 1 atom stereocenters. The standard InChI is InChI=1S/C20H22N2O4/c1-14-7-9-16(10-8-14)18(23)21-12-11-17(20(25)26)19(24)22-13-15-5-3-2-4-6-15/h2-10,17H,11-13H2,1H3,(H,21,23)(H,22,24)(H,25,26)/t17-/m0/s1. The summed E-state index contributed by atoms with van der Waals surface area (Å²) in [5, 5.41) is 14.6. The number of aryl methyl sites for hydroxylation is 1. The predicted molar refractivity (Wildman–Crippen MR) is 97.5 cm³/mol. The van der Waals surface area contributed by atoms with Gasteiger partial charge in [0.15, 0.2) is 0 Å². The molecule has 0 aliphatic rings. The Morgan fingerprint density at radius 2 is 1.62 bits per heavy atom. The van der Waals surface area contributed by atoms with E-state index in [0.717, 1.165) is 11.1 Å². The van der Waals surface area contributed by atoms with E-state index in [1.165, 1.54) is 0 Å². The van der Waals surface area contributed by atoms with Gasteiger partial charge < -0.3 is 15.7 Å². The van der Waals surface area contributed by atoms with Crippen LogP contribution in [0.3, 0.4) is 0 Å². The fraction of sp³-hybridized carbons (Fsp3) is 0.250. The van der Waals surface area contributed by atoms with Crippen molar-refractivity contribution in [3.05, 3.63) is 71.3 Å². The summed E-state index contributed by atoms with van der Waals surface area (Å²) in [5.74, 6) is -3.28. The summed E-state index contributed by atoms with van der Waals surface area (Å²) in [5.41, 5.74) is 2.43. The van der Waals surface area contributed by atoms with Crippen molar-refractivity contribution in [2.24, 2.45) is 5.92 Å². The Hall–Kier alpha value is -3.15. The second-order valence-electron chi connectivity index (χ2n) is 6.00. The molecule has 2 amide bonds. The number of rotatable bonds is 8. The van der Waals surface area contributed by atoms with Gasteiger partial charge in [-0.1, -0.05) is 48.0 Å². The van der Waals surface area contributed by atoms with Gasteiger partial charge in [-0.2, -0.15) is 0 Å². The Bertz CT molecular complexity index is 757. The number of carboxylic acid groups (broad SMARTS) is 1. The van der Waals surface area contributed by atoms with Crippen LogP contribution in [0.15, 0.2) is 54.6 Å². The Morgan fingerprint density at radius 3 is 2.23 bits per heavy atom. The van der Waals surface area contributed by atoms with E-state index in [0.29, 0.717) is 5.56 Å². The molecule has 0 aromatic heterocycles. The molecule has 6 nitrogen and oxygen atoms in total. The van der Waals surface area contributed by atoms with Gasteiger partial charge in [-0.05, 0) is 31.0 Å². The molecule has 6 heteroatoms. The fourth-order valence-electron chi connectivity index (χ4n) is 2.41. The van der Waals surface area contributed by atoms with E-state index in [9.17, 15) is 19.5 Å². The molecule has 0 heterocycles. The summed E-state index contributed by atoms with van der Waals surface area (Å²) >= 11 is 0. The van der Waals surface area contributed by atoms with E-state index in [-0.39, 0.29) is 25.4 Å². The Labute approximate surface area is 152 Å². The van der Waals surface area contributed by atoms with Gasteiger partial charge in [-0.15, -0.1) is 0 Å². The molecule has 0 bridgehead atoms. The maximum Gasteiger partial charge on any atom is 0.316 e. The lowest BCUT2D eigenvalue weighted by Gasteiger charge is -2.13. The van der Waals surface area contributed by atoms with Crippen molar-refractivity contribution in [1.82, 2.24) is 10.6 Å². The molecule has 0 aliphatic heterocycles. The molecule has 3 N–H and O–H groups in total. The van der Waals surface area contributed by atoms with Crippen molar-refractivity contribution in [2.45, 2.75) is 19.9 Å². The molecule has 0 radical (unpaired) electrons. The zero-order chi connectivity index (χ0) is 18.9. The van der Waals surface area contributed by atoms with Gasteiger partial charge in [0.2, 0.25) is 5.91 Å². The lowest BCUT2D eigenvalue weighted by Crippen LogP contribution is -2.37. The first kappa shape index (κ1) is 19.2. The molecule has 0 saturated heterocycles. The molecule has 2 aromatic carbocycles. The normalized spacial score (nSPS) is 11.4. The average molecular weight is 354 g/mol. The van der Waals surface area contributed by atoms with Gasteiger partial charge in [-0.3, -0.25) is 14.4 Å². The van der Waals surface area contributed by atoms with E-state index < -0.39 is 17.8 Å². The molecular weight excluding hydrogens is 332 g/mol. The summed E-state index contributed by atoms with van der Waals surface area (Å²) in [6.07, 6.45) is 0.0214. The van der Waals surface area contributed by atoms with Crippen molar-refractivity contribution in [3.63, 3.8) is 0 Å². The van der Waals surface area contributed by atoms with Crippen LogP contribution in [-0.4, -0.2) is 29.4 Å². The number of aliphatic carboxylic acids is 1. The highest BCUT2D eigenvalue weighted by Gasteiger charge is 2.25. The van der Waals surface area contributed by atoms with Crippen LogP contribution in [-0.2, 0) is 16.1 Å². The van der Waals surface area contributed by atoms with Crippen molar-refractivity contribution < 1.29 is 19.5 Å². The van der Waals surface area contributed by atoms with Gasteiger partial charge in [-0.25, -0.2) is 0 Å². The lowest BCUT2D eigenvalue weighted by molar-refractivity contribution is -0.147. The number of carbonyl (C=O) groups is 3. The summed E-state index contributed by atoms with van der Waals surface area (Å²) in [6, 6.07) is 16.3. The first-order valence-corrected chi connectivity index (χ1v) is 8.36. The number of hydrogen-bond donors (Lipinski definition) is 3. The second-order valence-corrected chi connectivity index (χ2v) is 6.00. The van der Waals surface area contributed by atoms with E-state index in [1.807, 2.05) is 49.4 Å². The molecule has 0 fully saturated rings. The molecule has 0 spiro atoms. The van der Waals surface area contributed by atoms with Crippen LogP contribution >= 0.6 is 0 Å². The summed E-state index contributed by atoms with van der Waals surface area (Å²) in [4.78, 5) is 35.5. The van der Waals surface area contributed by atoms with Crippen LogP contribution < -0.4 is 10.6 Å². The molecule has 26 heavy (non-hydrogen) atoms. The zero-order valence-electron chi connectivity index (χ0n) is 14.6. The van der Waals surface area contributed by atoms with Gasteiger partial charge in [0.05, 0.1) is 0 Å². The Morgan fingerprint density at radius 1 is 0.962 bits per heavy atom. The van der Waals surface area contributed by atoms with Crippen LogP contribution in [0.25, 0.3) is 0 Å². The fourth-order valence-corrected chi connectivity index (χ4v) is 2.41. The minimum absolute atomic E-state index is 0.0214. The van der Waals surface area contributed by atoms with Crippen LogP contribution in [0.4, 0.5) is 0 Å². The molecule has 136 valence electrons. The van der Waals surface area contributed by atoms with Crippen LogP contribution in [0, 0.1) is 12.8 Å². The zero-order valence-corrected chi connectivity index (χ0v) is 14.6. The first-order chi connectivity index (χ1) is 12.5. The minimum atomic E-state index is -1.21. The minimum Gasteiger partial charge on any atom is -0.481 e. The van der Waals surface area contributed by atoms with E-state index in [1.54, 1.807) is 12.1 Å². The van der Waals surface area contributed by atoms with E-state index in [4.69, 9.17) is 0 Å². The molecule has 0 aliphatic carbocycles. The van der Waals surface area contributed by atoms with Gasteiger partial charge in [0, 0.05) is 18.7 Å². The Balaban J connectivity index is 1.83. The molecule has 2 rings (SSSR count). The third-order valence-corrected chi connectivity index (χ3v) is 3.96. The Kier molecular flexibility index (Phi) is 6.91. The van der Waals surface area contributed by atoms with E-state index >= 15 is 0 Å². The van der Waals surface area contributed by atoms with Gasteiger partial charge in [0.1, 0.15) is 5.92 Å². The van der Waals surface area contributed by atoms with Crippen molar-refractivity contribution in [1.29, 1.82) is 0 Å². The topological polar surface area (TPSA) is 95.5 Å². The van der Waals surface area contributed by atoms with Crippen molar-refractivity contribution >= 4 is 17.8 Å². The van der Waals surface area contributed by atoms with E-state index in [2.05, 4.69) is 10.6 Å². The average Bonchev–Trinajstić information content (AvgIpc) is 2.64. The number of hydrogen-bond acceptors (Lipinski definition) is 3. The summed E-state index contributed by atoms with van der Waals surface area (Å²) < 4.78 is 0. The quantitative estimate of drug-likeness (QED) is 0.633. The molecule has 2 aromatic rings. The summed E-state index contributed by atoms with van der Waals surface area (Å²) in [6.45, 7) is 2.29. The predicted octanol–water partition coefficient (Wildman–Crippen LogP) is 2.13. The molecule has 0 saturated carbocycles. The lowest BCUT2D eigenvalue weighted by atomic mass is 10.0. The number of carboxylic acids is 1. The highest BCUT2D eigenvalue weighted by molar-refractivity contribution is 5.97. The monoisotopic (exact) mass is 354 g/mol. The van der Waals surface area contributed by atoms with Crippen LogP contribution in [0.2, 0.25) is 0 Å². The smallest absolute Gasteiger partial charge is 0.316 e. The summed E-state index contributed by atoms with van der Waals surface area (Å²) in [7, 11) is 0. The van der Waals surface area contributed by atoms with Crippen LogP contribution in [0.5, 0.6) is 0 Å². The number of amides is 2. The number of nitrogens with one attached hydrogen (secondary N) is 2. The number of carbonyl (C=O) groups excluding carboxylic acids is 2. The third kappa shape index (κ3) is 5.73. The molecular formula is C20H22N2O4. The number of benzene rings is 2. The van der Waals surface area contributed by atoms with Crippen LogP contribution in [0.1, 0.15) is 27.9 Å².